The van der Waals surface area contributed by atoms with Crippen LogP contribution in [0.15, 0.2) is 23.6 Å². The Morgan fingerprint density at radius 3 is 3.00 bits per heavy atom. The molecular formula is C9H7FS. The summed E-state index contributed by atoms with van der Waals surface area (Å²) < 4.78 is 13.8. The summed E-state index contributed by atoms with van der Waals surface area (Å²) in [5.41, 5.74) is 1.02. The van der Waals surface area contributed by atoms with Gasteiger partial charge in [0, 0.05) is 4.70 Å². The summed E-state index contributed by atoms with van der Waals surface area (Å²) in [5, 5.41) is 3.15. The van der Waals surface area contributed by atoms with Crippen LogP contribution in [0.25, 0.3) is 10.1 Å². The minimum atomic E-state index is -0.141. The van der Waals surface area contributed by atoms with Crippen LogP contribution in [0.4, 0.5) is 4.39 Å². The van der Waals surface area contributed by atoms with Crippen molar-refractivity contribution >= 4 is 21.4 Å². The van der Waals surface area contributed by atoms with Crippen molar-refractivity contribution in [2.75, 3.05) is 0 Å². The Kier molecular flexibility index (Phi) is 1.43. The molecule has 0 fully saturated rings. The number of aryl methyl sites for hydroxylation is 1. The second-order valence-electron chi connectivity index (χ2n) is 2.56. The first kappa shape index (κ1) is 6.80. The van der Waals surface area contributed by atoms with Gasteiger partial charge in [-0.1, -0.05) is 0 Å². The van der Waals surface area contributed by atoms with Crippen molar-refractivity contribution in [3.8, 4) is 0 Å². The summed E-state index contributed by atoms with van der Waals surface area (Å²) in [7, 11) is 0. The molecule has 0 atom stereocenters. The molecule has 0 aliphatic carbocycles. The first-order valence-corrected chi connectivity index (χ1v) is 4.29. The maximum absolute atomic E-state index is 12.8. The number of hydrogen-bond acceptors (Lipinski definition) is 1. The fourth-order valence-corrected chi connectivity index (χ4v) is 2.10. The van der Waals surface area contributed by atoms with Gasteiger partial charge >= 0.3 is 0 Å². The lowest BCUT2D eigenvalue weighted by atomic mass is 10.1. The van der Waals surface area contributed by atoms with Crippen LogP contribution in [0.5, 0.6) is 0 Å². The molecule has 2 aromatic rings. The fourth-order valence-electron chi connectivity index (χ4n) is 1.21. The summed E-state index contributed by atoms with van der Waals surface area (Å²) in [6.45, 7) is 1.93. The van der Waals surface area contributed by atoms with E-state index in [9.17, 15) is 4.39 Å². The molecule has 56 valence electrons. The van der Waals surface area contributed by atoms with Gasteiger partial charge < -0.3 is 0 Å². The maximum atomic E-state index is 12.8. The average molecular weight is 166 g/mol. The van der Waals surface area contributed by atoms with E-state index in [4.69, 9.17) is 0 Å². The van der Waals surface area contributed by atoms with Crippen LogP contribution in [-0.2, 0) is 0 Å². The quantitative estimate of drug-likeness (QED) is 0.563. The topological polar surface area (TPSA) is 0 Å². The van der Waals surface area contributed by atoms with Crippen molar-refractivity contribution in [1.29, 1.82) is 0 Å². The monoisotopic (exact) mass is 166 g/mol. The summed E-state index contributed by atoms with van der Waals surface area (Å²) >= 11 is 1.58. The predicted octanol–water partition coefficient (Wildman–Crippen LogP) is 3.35. The summed E-state index contributed by atoms with van der Waals surface area (Å²) in [4.78, 5) is 0. The SMILES string of the molecule is Cc1cc(F)cc2sccc12. The molecule has 11 heavy (non-hydrogen) atoms. The second-order valence-corrected chi connectivity index (χ2v) is 3.50. The van der Waals surface area contributed by atoms with Crippen molar-refractivity contribution in [2.24, 2.45) is 0 Å². The Bertz CT molecular complexity index is 389. The largest absolute Gasteiger partial charge is 0.207 e. The Hall–Kier alpha value is -0.890. The van der Waals surface area contributed by atoms with Crippen LogP contribution in [-0.4, -0.2) is 0 Å². The zero-order valence-corrected chi connectivity index (χ0v) is 6.91. The predicted molar refractivity (Wildman–Crippen MR) is 46.5 cm³/mol. The van der Waals surface area contributed by atoms with Gasteiger partial charge in [0.2, 0.25) is 0 Å². The number of hydrogen-bond donors (Lipinski definition) is 0. The standard InChI is InChI=1S/C9H7FS/c1-6-4-7(10)5-9-8(6)2-3-11-9/h2-5H,1H3. The first-order valence-electron chi connectivity index (χ1n) is 3.41. The van der Waals surface area contributed by atoms with Crippen LogP contribution in [0.3, 0.4) is 0 Å². The van der Waals surface area contributed by atoms with E-state index in [-0.39, 0.29) is 5.82 Å². The van der Waals surface area contributed by atoms with Crippen LogP contribution < -0.4 is 0 Å². The van der Waals surface area contributed by atoms with Gasteiger partial charge in [-0.3, -0.25) is 0 Å². The molecule has 0 bridgehead atoms. The van der Waals surface area contributed by atoms with Gasteiger partial charge in [0.15, 0.2) is 0 Å². The zero-order chi connectivity index (χ0) is 7.84. The molecule has 0 aliphatic heterocycles. The molecule has 0 N–H and O–H groups in total. The van der Waals surface area contributed by atoms with E-state index in [0.29, 0.717) is 0 Å². The van der Waals surface area contributed by atoms with E-state index >= 15 is 0 Å². The number of rotatable bonds is 0. The number of fused-ring (bicyclic) bond motifs is 1. The minimum absolute atomic E-state index is 0.141. The smallest absolute Gasteiger partial charge is 0.124 e. The highest BCUT2D eigenvalue weighted by Gasteiger charge is 2.00. The van der Waals surface area contributed by atoms with Crippen LogP contribution in [0.1, 0.15) is 5.56 Å². The van der Waals surface area contributed by atoms with Crippen molar-refractivity contribution in [3.63, 3.8) is 0 Å². The Balaban J connectivity index is 2.91. The Morgan fingerprint density at radius 2 is 2.18 bits per heavy atom. The van der Waals surface area contributed by atoms with E-state index in [1.54, 1.807) is 23.5 Å². The molecule has 0 nitrogen and oxygen atoms in total. The summed E-state index contributed by atoms with van der Waals surface area (Å²) in [5.74, 6) is -0.141. The number of halogens is 1. The van der Waals surface area contributed by atoms with Crippen LogP contribution in [0, 0.1) is 12.7 Å². The highest BCUT2D eigenvalue weighted by atomic mass is 32.1. The molecule has 2 rings (SSSR count). The zero-order valence-electron chi connectivity index (χ0n) is 6.10. The Labute approximate surface area is 68.3 Å². The van der Waals surface area contributed by atoms with E-state index in [0.717, 1.165) is 15.6 Å². The van der Waals surface area contributed by atoms with Gasteiger partial charge in [-0.25, -0.2) is 4.39 Å². The average Bonchev–Trinajstić information content (AvgIpc) is 2.34. The Morgan fingerprint density at radius 1 is 1.36 bits per heavy atom. The highest BCUT2D eigenvalue weighted by Crippen LogP contribution is 2.24. The normalized spacial score (nSPS) is 10.7. The summed E-state index contributed by atoms with van der Waals surface area (Å²) in [6.07, 6.45) is 0. The van der Waals surface area contributed by atoms with Gasteiger partial charge in [0.1, 0.15) is 5.82 Å². The fraction of sp³-hybridized carbons (Fsp3) is 0.111. The van der Waals surface area contributed by atoms with Gasteiger partial charge in [0.05, 0.1) is 0 Å². The van der Waals surface area contributed by atoms with Gasteiger partial charge in [0.25, 0.3) is 0 Å². The third-order valence-corrected chi connectivity index (χ3v) is 2.61. The van der Waals surface area contributed by atoms with Crippen molar-refractivity contribution in [3.05, 3.63) is 35.0 Å². The second kappa shape index (κ2) is 2.31. The summed E-state index contributed by atoms with van der Waals surface area (Å²) in [6, 6.07) is 5.16. The van der Waals surface area contributed by atoms with E-state index in [1.807, 2.05) is 18.4 Å². The van der Waals surface area contributed by atoms with E-state index < -0.39 is 0 Å². The number of thiophene rings is 1. The van der Waals surface area contributed by atoms with Gasteiger partial charge in [-0.05, 0) is 41.5 Å². The van der Waals surface area contributed by atoms with Crippen LogP contribution >= 0.6 is 11.3 Å². The molecule has 0 saturated carbocycles. The molecule has 0 amide bonds. The lowest BCUT2D eigenvalue weighted by Gasteiger charge is -1.94. The van der Waals surface area contributed by atoms with Gasteiger partial charge in [-0.15, -0.1) is 11.3 Å². The molecule has 0 saturated heterocycles. The molecule has 1 aromatic carbocycles. The molecule has 1 aromatic heterocycles. The lowest BCUT2D eigenvalue weighted by Crippen LogP contribution is -1.76. The lowest BCUT2D eigenvalue weighted by molar-refractivity contribution is 0.629. The molecule has 0 spiro atoms. The molecule has 2 heteroatoms. The highest BCUT2D eigenvalue weighted by molar-refractivity contribution is 7.17. The molecule has 0 aliphatic rings. The van der Waals surface area contributed by atoms with Crippen molar-refractivity contribution < 1.29 is 4.39 Å². The van der Waals surface area contributed by atoms with Crippen molar-refractivity contribution in [1.82, 2.24) is 0 Å². The number of benzene rings is 1. The molecule has 0 unspecified atom stereocenters. The van der Waals surface area contributed by atoms with E-state index in [1.165, 1.54) is 0 Å². The molecule has 1 heterocycles. The van der Waals surface area contributed by atoms with Gasteiger partial charge in [-0.2, -0.15) is 0 Å². The third kappa shape index (κ3) is 1.03. The van der Waals surface area contributed by atoms with Crippen molar-refractivity contribution in [2.45, 2.75) is 6.92 Å². The molecular weight excluding hydrogens is 159 g/mol. The van der Waals surface area contributed by atoms with Crippen LogP contribution in [0.2, 0.25) is 0 Å². The van der Waals surface area contributed by atoms with E-state index in [2.05, 4.69) is 0 Å². The molecule has 0 radical (unpaired) electrons. The first-order chi connectivity index (χ1) is 5.27. The third-order valence-electron chi connectivity index (χ3n) is 1.74. The minimum Gasteiger partial charge on any atom is -0.207 e. The maximum Gasteiger partial charge on any atom is 0.124 e.